The van der Waals surface area contributed by atoms with Crippen LogP contribution in [0.1, 0.15) is 31.8 Å². The minimum atomic E-state index is -1.35. The van der Waals surface area contributed by atoms with Gasteiger partial charge in [-0.1, -0.05) is 36.4 Å². The number of hydrogen-bond acceptors (Lipinski definition) is 5. The van der Waals surface area contributed by atoms with Gasteiger partial charge in [0.1, 0.15) is 0 Å². The third-order valence-electron chi connectivity index (χ3n) is 3.08. The van der Waals surface area contributed by atoms with E-state index in [2.05, 4.69) is 9.47 Å². The van der Waals surface area contributed by atoms with Crippen molar-refractivity contribution < 1.29 is 23.9 Å². The molecule has 22 heavy (non-hydrogen) atoms. The van der Waals surface area contributed by atoms with Crippen molar-refractivity contribution in [2.45, 2.75) is 13.8 Å². The molecule has 5 nitrogen and oxygen atoms in total. The first kappa shape index (κ1) is 15.4. The number of aryl methyl sites for hydroxylation is 2. The fourth-order valence-electron chi connectivity index (χ4n) is 1.89. The van der Waals surface area contributed by atoms with Crippen molar-refractivity contribution in [3.63, 3.8) is 0 Å². The van der Waals surface area contributed by atoms with E-state index in [0.717, 1.165) is 0 Å². The Morgan fingerprint density at radius 1 is 0.682 bits per heavy atom. The highest BCUT2D eigenvalue weighted by Crippen LogP contribution is 2.11. The van der Waals surface area contributed by atoms with E-state index < -0.39 is 18.1 Å². The Labute approximate surface area is 127 Å². The second-order valence-corrected chi connectivity index (χ2v) is 4.66. The van der Waals surface area contributed by atoms with Gasteiger partial charge in [-0.2, -0.15) is 0 Å². The van der Waals surface area contributed by atoms with Crippen LogP contribution in [0.4, 0.5) is 4.79 Å². The summed E-state index contributed by atoms with van der Waals surface area (Å²) >= 11 is 0. The maximum atomic E-state index is 11.8. The molecule has 0 heterocycles. The number of rotatable bonds is 2. The van der Waals surface area contributed by atoms with Crippen LogP contribution >= 0.6 is 0 Å². The molecule has 0 saturated carbocycles. The van der Waals surface area contributed by atoms with E-state index in [1.807, 2.05) is 0 Å². The fourth-order valence-corrected chi connectivity index (χ4v) is 1.89. The number of hydrogen-bond donors (Lipinski definition) is 0. The standard InChI is InChI=1S/C17H14O5/c1-11-7-3-5-9-13(11)15(18)21-17(20)22-16(19)14-10-6-4-8-12(14)2/h3-10H,1-2H3. The lowest BCUT2D eigenvalue weighted by Gasteiger charge is -2.06. The molecule has 0 saturated heterocycles. The summed E-state index contributed by atoms with van der Waals surface area (Å²) in [4.78, 5) is 35.2. The first-order valence-corrected chi connectivity index (χ1v) is 6.58. The van der Waals surface area contributed by atoms with E-state index in [-0.39, 0.29) is 11.1 Å². The molecule has 0 amide bonds. The molecule has 0 aliphatic rings. The van der Waals surface area contributed by atoms with Crippen LogP contribution < -0.4 is 0 Å². The number of esters is 2. The van der Waals surface area contributed by atoms with Gasteiger partial charge in [0.15, 0.2) is 0 Å². The summed E-state index contributed by atoms with van der Waals surface area (Å²) in [5, 5.41) is 0. The second-order valence-electron chi connectivity index (χ2n) is 4.66. The van der Waals surface area contributed by atoms with Crippen molar-refractivity contribution in [1.29, 1.82) is 0 Å². The zero-order valence-electron chi connectivity index (χ0n) is 12.2. The number of benzene rings is 2. The van der Waals surface area contributed by atoms with Gasteiger partial charge in [0.25, 0.3) is 0 Å². The molecule has 2 aromatic carbocycles. The van der Waals surface area contributed by atoms with Crippen molar-refractivity contribution in [2.24, 2.45) is 0 Å². The molecular formula is C17H14O5. The molecule has 0 aromatic heterocycles. The van der Waals surface area contributed by atoms with Crippen LogP contribution in [0, 0.1) is 13.8 Å². The molecule has 0 spiro atoms. The van der Waals surface area contributed by atoms with E-state index >= 15 is 0 Å². The normalized spacial score (nSPS) is 9.91. The average molecular weight is 298 g/mol. The molecule has 0 unspecified atom stereocenters. The van der Waals surface area contributed by atoms with Crippen LogP contribution in [0.3, 0.4) is 0 Å². The Hall–Kier alpha value is -2.95. The van der Waals surface area contributed by atoms with Gasteiger partial charge in [-0.3, -0.25) is 0 Å². The molecule has 0 atom stereocenters. The van der Waals surface area contributed by atoms with Gasteiger partial charge >= 0.3 is 18.1 Å². The highest BCUT2D eigenvalue weighted by Gasteiger charge is 2.20. The Morgan fingerprint density at radius 2 is 1.05 bits per heavy atom. The van der Waals surface area contributed by atoms with E-state index in [9.17, 15) is 14.4 Å². The first-order valence-electron chi connectivity index (χ1n) is 6.58. The Balaban J connectivity index is 2.02. The molecule has 2 aromatic rings. The molecule has 2 rings (SSSR count). The maximum absolute atomic E-state index is 11.8. The summed E-state index contributed by atoms with van der Waals surface area (Å²) < 4.78 is 9.06. The molecular weight excluding hydrogens is 284 g/mol. The zero-order chi connectivity index (χ0) is 16.1. The maximum Gasteiger partial charge on any atom is 0.524 e. The van der Waals surface area contributed by atoms with E-state index in [4.69, 9.17) is 0 Å². The highest BCUT2D eigenvalue weighted by atomic mass is 16.8. The van der Waals surface area contributed by atoms with Crippen LogP contribution in [-0.4, -0.2) is 18.1 Å². The molecule has 0 fully saturated rings. The van der Waals surface area contributed by atoms with Gasteiger partial charge in [-0.25, -0.2) is 14.4 Å². The number of ether oxygens (including phenoxy) is 2. The van der Waals surface area contributed by atoms with E-state index in [1.54, 1.807) is 50.2 Å². The molecule has 0 aliphatic carbocycles. The highest BCUT2D eigenvalue weighted by molar-refractivity contribution is 6.01. The van der Waals surface area contributed by atoms with E-state index in [0.29, 0.717) is 11.1 Å². The molecule has 112 valence electrons. The third-order valence-corrected chi connectivity index (χ3v) is 3.08. The van der Waals surface area contributed by atoms with Gasteiger partial charge in [0.05, 0.1) is 11.1 Å². The van der Waals surface area contributed by atoms with Gasteiger partial charge in [0, 0.05) is 0 Å². The monoisotopic (exact) mass is 298 g/mol. The van der Waals surface area contributed by atoms with Crippen molar-refractivity contribution >= 4 is 18.1 Å². The number of carbonyl (C=O) groups is 3. The Kier molecular flexibility index (Phi) is 4.68. The van der Waals surface area contributed by atoms with Crippen LogP contribution in [0.25, 0.3) is 0 Å². The predicted molar refractivity (Wildman–Crippen MR) is 78.6 cm³/mol. The van der Waals surface area contributed by atoms with Gasteiger partial charge in [-0.15, -0.1) is 0 Å². The summed E-state index contributed by atoms with van der Waals surface area (Å²) in [5.41, 5.74) is 1.79. The Morgan fingerprint density at radius 3 is 1.41 bits per heavy atom. The fraction of sp³-hybridized carbons (Fsp3) is 0.118. The summed E-state index contributed by atoms with van der Waals surface area (Å²) in [5.74, 6) is -1.72. The van der Waals surface area contributed by atoms with Gasteiger partial charge in [0.2, 0.25) is 0 Å². The van der Waals surface area contributed by atoms with E-state index in [1.165, 1.54) is 12.1 Å². The molecule has 0 aliphatic heterocycles. The van der Waals surface area contributed by atoms with Crippen molar-refractivity contribution in [2.75, 3.05) is 0 Å². The summed E-state index contributed by atoms with van der Waals surface area (Å²) in [7, 11) is 0. The molecule has 0 N–H and O–H groups in total. The lowest BCUT2D eigenvalue weighted by molar-refractivity contribution is 0.0337. The Bertz CT molecular complexity index is 672. The topological polar surface area (TPSA) is 69.7 Å². The lowest BCUT2D eigenvalue weighted by Crippen LogP contribution is -2.19. The number of carbonyl (C=O) groups excluding carboxylic acids is 3. The minimum Gasteiger partial charge on any atom is -0.356 e. The predicted octanol–water partition coefficient (Wildman–Crippen LogP) is 3.44. The van der Waals surface area contributed by atoms with Crippen molar-refractivity contribution in [3.05, 3.63) is 70.8 Å². The molecule has 5 heteroatoms. The van der Waals surface area contributed by atoms with Crippen LogP contribution in [0.15, 0.2) is 48.5 Å². The zero-order valence-corrected chi connectivity index (χ0v) is 12.2. The lowest BCUT2D eigenvalue weighted by atomic mass is 10.1. The van der Waals surface area contributed by atoms with Crippen molar-refractivity contribution in [3.8, 4) is 0 Å². The van der Waals surface area contributed by atoms with Crippen LogP contribution in [0.2, 0.25) is 0 Å². The van der Waals surface area contributed by atoms with Crippen molar-refractivity contribution in [1.82, 2.24) is 0 Å². The summed E-state index contributed by atoms with van der Waals surface area (Å²) in [6.45, 7) is 3.42. The van der Waals surface area contributed by atoms with Crippen LogP contribution in [0.5, 0.6) is 0 Å². The average Bonchev–Trinajstić information content (AvgIpc) is 2.47. The SMILES string of the molecule is Cc1ccccc1C(=O)OC(=O)OC(=O)c1ccccc1C. The molecule has 0 radical (unpaired) electrons. The first-order chi connectivity index (χ1) is 10.5. The minimum absolute atomic E-state index is 0.239. The second kappa shape index (κ2) is 6.67. The third kappa shape index (κ3) is 3.58. The van der Waals surface area contributed by atoms with Gasteiger partial charge in [-0.05, 0) is 37.1 Å². The van der Waals surface area contributed by atoms with Crippen LogP contribution in [-0.2, 0) is 9.47 Å². The largest absolute Gasteiger partial charge is 0.524 e. The summed E-state index contributed by atoms with van der Waals surface area (Å²) in [6.07, 6.45) is -1.35. The quantitative estimate of drug-likeness (QED) is 0.627. The smallest absolute Gasteiger partial charge is 0.356 e. The molecule has 0 bridgehead atoms. The summed E-state index contributed by atoms with van der Waals surface area (Å²) in [6, 6.07) is 13.3. The van der Waals surface area contributed by atoms with Gasteiger partial charge < -0.3 is 9.47 Å².